The van der Waals surface area contributed by atoms with Crippen LogP contribution in [0.15, 0.2) is 29.5 Å². The highest BCUT2D eigenvalue weighted by Gasteiger charge is 2.39. The Bertz CT molecular complexity index is 1090. The number of alkyl halides is 3. The molecule has 0 saturated carbocycles. The summed E-state index contributed by atoms with van der Waals surface area (Å²) in [6, 6.07) is 3.13. The van der Waals surface area contributed by atoms with Gasteiger partial charge in [-0.05, 0) is 25.8 Å². The van der Waals surface area contributed by atoms with Gasteiger partial charge in [0.1, 0.15) is 34.9 Å². The highest BCUT2D eigenvalue weighted by Crippen LogP contribution is 2.35. The number of aryl methyl sites for hydroxylation is 1. The Morgan fingerprint density at radius 1 is 1.35 bits per heavy atom. The quantitative estimate of drug-likeness (QED) is 0.448. The largest absolute Gasteiger partial charge is 0.530 e. The number of ether oxygens (including phenoxy) is 1. The topological polar surface area (TPSA) is 162 Å². The maximum Gasteiger partial charge on any atom is 0.433 e. The summed E-state index contributed by atoms with van der Waals surface area (Å²) in [5, 5.41) is 26.1. The summed E-state index contributed by atoms with van der Waals surface area (Å²) >= 11 is 0. The van der Waals surface area contributed by atoms with Gasteiger partial charge in [0.25, 0.3) is 0 Å². The number of aliphatic hydroxyl groups is 1. The summed E-state index contributed by atoms with van der Waals surface area (Å²) in [6.45, 7) is 1.05. The lowest BCUT2D eigenvalue weighted by atomic mass is 9.85. The number of amides is 1. The molecule has 182 valence electrons. The van der Waals surface area contributed by atoms with Crippen molar-refractivity contribution in [1.82, 2.24) is 24.8 Å². The number of pyridine rings is 1. The van der Waals surface area contributed by atoms with E-state index in [4.69, 9.17) is 10.3 Å². The number of carbonyl (C=O) groups excluding carboxylic acids is 1. The number of nitrogens with one attached hydrogen (secondary N) is 1. The molecule has 0 aromatic carbocycles. The maximum atomic E-state index is 13.0. The minimum Gasteiger partial charge on any atom is -0.530 e. The summed E-state index contributed by atoms with van der Waals surface area (Å²) in [5.74, 6) is -0.197. The van der Waals surface area contributed by atoms with Crippen LogP contribution < -0.4 is 14.8 Å². The standard InChI is InChI=1S/C20H22F3N7O4/c1-12-25-9-14(17(27-12)13-5-7-30(8-6-13)18(31)32)19(33,10-26-29-24)11-34-16-4-2-3-15(28-16)20(21,22)23/h2-4,9,13,24,33H,5-8,10-11H2,1H3. The Kier molecular flexibility index (Phi) is 7.42. The van der Waals surface area contributed by atoms with Crippen LogP contribution in [0.2, 0.25) is 0 Å². The smallest absolute Gasteiger partial charge is 0.433 e. The lowest BCUT2D eigenvalue weighted by molar-refractivity contribution is -0.266. The maximum absolute atomic E-state index is 13.0. The molecular formula is C20H22F3N7O4. The molecule has 0 radical (unpaired) electrons. The van der Waals surface area contributed by atoms with Crippen LogP contribution in [-0.2, 0) is 11.8 Å². The van der Waals surface area contributed by atoms with Crippen molar-refractivity contribution in [3.05, 3.63) is 47.2 Å². The van der Waals surface area contributed by atoms with E-state index in [2.05, 4.69) is 25.0 Å². The Morgan fingerprint density at radius 3 is 2.68 bits per heavy atom. The third-order valence-corrected chi connectivity index (χ3v) is 5.46. The van der Waals surface area contributed by atoms with E-state index >= 15 is 0 Å². The van der Waals surface area contributed by atoms with Gasteiger partial charge in [0.15, 0.2) is 12.1 Å². The van der Waals surface area contributed by atoms with Crippen molar-refractivity contribution in [3.8, 4) is 5.88 Å². The molecule has 0 spiro atoms. The lowest BCUT2D eigenvalue weighted by Gasteiger charge is -2.35. The van der Waals surface area contributed by atoms with Crippen LogP contribution in [0.1, 0.15) is 41.5 Å². The van der Waals surface area contributed by atoms with Gasteiger partial charge in [0.05, 0.1) is 5.69 Å². The van der Waals surface area contributed by atoms with E-state index in [1.54, 1.807) is 6.92 Å². The second-order valence-electron chi connectivity index (χ2n) is 7.82. The molecule has 2 N–H and O–H groups in total. The Hall–Kier alpha value is -3.64. The SMILES string of the molecule is Cc1ncc(C(O)(CN=[N+]=N)COc2cccc(C(F)(F)F)n2)c(C2CCN(C(=O)[O-])CC2)n1. The molecule has 1 atom stereocenters. The summed E-state index contributed by atoms with van der Waals surface area (Å²) in [4.78, 5) is 27.2. The number of nitrogens with zero attached hydrogens (tertiary/aromatic N) is 6. The average molecular weight is 481 g/mol. The van der Waals surface area contributed by atoms with Crippen LogP contribution in [0.5, 0.6) is 5.88 Å². The van der Waals surface area contributed by atoms with Crippen molar-refractivity contribution in [3.63, 3.8) is 0 Å². The van der Waals surface area contributed by atoms with Crippen molar-refractivity contribution >= 4 is 6.09 Å². The van der Waals surface area contributed by atoms with E-state index in [9.17, 15) is 28.2 Å². The number of hydrogen-bond donors (Lipinski definition) is 2. The minimum atomic E-state index is -4.67. The van der Waals surface area contributed by atoms with Gasteiger partial charge in [0.2, 0.25) is 10.8 Å². The van der Waals surface area contributed by atoms with Gasteiger partial charge in [-0.15, -0.1) is 0 Å². The summed E-state index contributed by atoms with van der Waals surface area (Å²) < 4.78 is 44.3. The number of carboxylic acid groups (broad SMARTS) is 1. The van der Waals surface area contributed by atoms with Crippen LogP contribution in [0, 0.1) is 12.5 Å². The van der Waals surface area contributed by atoms with Crippen molar-refractivity contribution in [2.24, 2.45) is 5.11 Å². The molecule has 3 rings (SSSR count). The second-order valence-corrected chi connectivity index (χ2v) is 7.82. The van der Waals surface area contributed by atoms with Crippen molar-refractivity contribution in [2.75, 3.05) is 26.2 Å². The molecule has 14 heteroatoms. The fourth-order valence-corrected chi connectivity index (χ4v) is 3.70. The zero-order chi connectivity index (χ0) is 24.9. The van der Waals surface area contributed by atoms with Crippen LogP contribution in [-0.4, -0.2) is 57.3 Å². The van der Waals surface area contributed by atoms with E-state index in [-0.39, 0.29) is 30.5 Å². The van der Waals surface area contributed by atoms with Gasteiger partial charge in [-0.25, -0.2) is 15.0 Å². The molecule has 2 aromatic heterocycles. The van der Waals surface area contributed by atoms with Gasteiger partial charge in [-0.3, -0.25) is 0 Å². The molecule has 11 nitrogen and oxygen atoms in total. The number of carbonyl (C=O) groups is 1. The second kappa shape index (κ2) is 10.1. The van der Waals surface area contributed by atoms with Crippen LogP contribution in [0.25, 0.3) is 0 Å². The lowest BCUT2D eigenvalue weighted by Crippen LogP contribution is -2.45. The number of rotatable bonds is 7. The molecule has 34 heavy (non-hydrogen) atoms. The van der Waals surface area contributed by atoms with E-state index in [0.717, 1.165) is 12.1 Å². The van der Waals surface area contributed by atoms with E-state index < -0.39 is 36.7 Å². The van der Waals surface area contributed by atoms with Crippen molar-refractivity contribution in [1.29, 1.82) is 5.53 Å². The highest BCUT2D eigenvalue weighted by atomic mass is 19.4. The Balaban J connectivity index is 1.91. The third-order valence-electron chi connectivity index (χ3n) is 5.46. The number of halogens is 3. The molecule has 2 aromatic rings. The minimum absolute atomic E-state index is 0.198. The van der Waals surface area contributed by atoms with E-state index in [1.165, 1.54) is 17.2 Å². The molecule has 1 fully saturated rings. The van der Waals surface area contributed by atoms with Crippen LogP contribution in [0.3, 0.4) is 0 Å². The van der Waals surface area contributed by atoms with Crippen LogP contribution >= 0.6 is 0 Å². The summed E-state index contributed by atoms with van der Waals surface area (Å²) in [7, 11) is 0. The summed E-state index contributed by atoms with van der Waals surface area (Å²) in [5.41, 5.74) is 4.49. The van der Waals surface area contributed by atoms with Gasteiger partial charge in [-0.2, -0.15) is 13.2 Å². The monoisotopic (exact) mass is 481 g/mol. The average Bonchev–Trinajstić information content (AvgIpc) is 2.81. The van der Waals surface area contributed by atoms with Crippen molar-refractivity contribution < 1.29 is 32.9 Å². The highest BCUT2D eigenvalue weighted by molar-refractivity contribution is 5.62. The normalized spacial score (nSPS) is 16.4. The predicted molar refractivity (Wildman–Crippen MR) is 106 cm³/mol. The van der Waals surface area contributed by atoms with Crippen molar-refractivity contribution in [2.45, 2.75) is 37.5 Å². The van der Waals surface area contributed by atoms with Gasteiger partial charge >= 0.3 is 6.18 Å². The van der Waals surface area contributed by atoms with Gasteiger partial charge in [-0.1, -0.05) is 6.07 Å². The first kappa shape index (κ1) is 25.0. The fraction of sp³-hybridized carbons (Fsp3) is 0.500. The molecule has 1 unspecified atom stereocenters. The molecule has 0 aliphatic carbocycles. The predicted octanol–water partition coefficient (Wildman–Crippen LogP) is 1.54. The molecular weight excluding hydrogens is 459 g/mol. The molecule has 3 heterocycles. The molecule has 1 aliphatic heterocycles. The van der Waals surface area contributed by atoms with Crippen LogP contribution in [0.4, 0.5) is 18.0 Å². The Morgan fingerprint density at radius 2 is 2.06 bits per heavy atom. The first-order valence-electron chi connectivity index (χ1n) is 10.3. The molecule has 1 aliphatic rings. The Labute approximate surface area is 191 Å². The van der Waals surface area contributed by atoms with E-state index in [1.807, 2.05) is 0 Å². The zero-order valence-electron chi connectivity index (χ0n) is 18.1. The van der Waals surface area contributed by atoms with E-state index in [0.29, 0.717) is 24.4 Å². The van der Waals surface area contributed by atoms with Gasteiger partial charge in [0, 0.05) is 36.8 Å². The third kappa shape index (κ3) is 5.83. The molecule has 0 bridgehead atoms. The fourth-order valence-electron chi connectivity index (χ4n) is 3.70. The first-order valence-corrected chi connectivity index (χ1v) is 10.3. The number of aromatic nitrogens is 3. The molecule has 1 amide bonds. The number of hydrogen-bond acceptors (Lipinski definition) is 9. The number of likely N-dealkylation sites (tertiary alicyclic amines) is 1. The first-order chi connectivity index (χ1) is 16.0. The summed E-state index contributed by atoms with van der Waals surface area (Å²) in [6.07, 6.45) is -3.77. The zero-order valence-corrected chi connectivity index (χ0v) is 18.1. The number of piperidine rings is 1. The van der Waals surface area contributed by atoms with Gasteiger partial charge < -0.3 is 24.6 Å². The molecule has 1 saturated heterocycles.